The van der Waals surface area contributed by atoms with Crippen molar-refractivity contribution in [3.63, 3.8) is 0 Å². The summed E-state index contributed by atoms with van der Waals surface area (Å²) in [6.45, 7) is 1.84. The molecule has 0 spiro atoms. The third kappa shape index (κ3) is 2.59. The summed E-state index contributed by atoms with van der Waals surface area (Å²) >= 11 is 0. The van der Waals surface area contributed by atoms with Gasteiger partial charge in [0.2, 0.25) is 11.8 Å². The average molecular weight is 360 g/mol. The third-order valence-electron chi connectivity index (χ3n) is 4.85. The van der Waals surface area contributed by atoms with Gasteiger partial charge in [0.05, 0.1) is 0 Å². The lowest BCUT2D eigenvalue weighted by atomic mass is 10.1. The Hall–Kier alpha value is -2.97. The fourth-order valence-electron chi connectivity index (χ4n) is 3.44. The molecule has 2 atom stereocenters. The number of nitrogens with one attached hydrogen (secondary N) is 1. The van der Waals surface area contributed by atoms with Crippen LogP contribution in [0.25, 0.3) is 5.65 Å². The Kier molecular flexibility index (Phi) is 3.86. The van der Waals surface area contributed by atoms with E-state index in [0.29, 0.717) is 24.2 Å². The van der Waals surface area contributed by atoms with Gasteiger partial charge < -0.3 is 19.4 Å². The second-order valence-electron chi connectivity index (χ2n) is 6.49. The van der Waals surface area contributed by atoms with Crippen molar-refractivity contribution < 1.29 is 23.5 Å². The Morgan fingerprint density at radius 3 is 3.08 bits per heavy atom. The molecule has 2 saturated heterocycles. The van der Waals surface area contributed by atoms with E-state index < -0.39 is 23.9 Å². The van der Waals surface area contributed by atoms with Crippen molar-refractivity contribution in [2.24, 2.45) is 0 Å². The fourth-order valence-corrected chi connectivity index (χ4v) is 3.44. The van der Waals surface area contributed by atoms with Crippen LogP contribution >= 0.6 is 0 Å². The van der Waals surface area contributed by atoms with E-state index in [1.807, 2.05) is 0 Å². The van der Waals surface area contributed by atoms with E-state index in [1.54, 1.807) is 6.92 Å². The number of hydrogen-bond donors (Lipinski definition) is 1. The Bertz CT molecular complexity index is 925. The van der Waals surface area contributed by atoms with E-state index in [9.17, 15) is 18.8 Å². The van der Waals surface area contributed by atoms with Crippen LogP contribution in [0.3, 0.4) is 0 Å². The van der Waals surface area contributed by atoms with Gasteiger partial charge in [-0.1, -0.05) is 0 Å². The monoisotopic (exact) mass is 360 g/mol. The van der Waals surface area contributed by atoms with E-state index in [1.165, 1.54) is 27.8 Å². The molecule has 2 aromatic heterocycles. The minimum atomic E-state index is -0.892. The van der Waals surface area contributed by atoms with Crippen LogP contribution in [0, 0.1) is 12.7 Å². The zero-order valence-electron chi connectivity index (χ0n) is 14.1. The summed E-state index contributed by atoms with van der Waals surface area (Å²) in [6, 6.07) is -0.0234. The van der Waals surface area contributed by atoms with Crippen molar-refractivity contribution in [2.75, 3.05) is 13.2 Å². The van der Waals surface area contributed by atoms with Gasteiger partial charge in [-0.3, -0.25) is 9.59 Å². The van der Waals surface area contributed by atoms with E-state index >= 15 is 0 Å². The first-order chi connectivity index (χ1) is 12.5. The molecule has 136 valence electrons. The van der Waals surface area contributed by atoms with Crippen molar-refractivity contribution in [2.45, 2.75) is 31.8 Å². The molecule has 26 heavy (non-hydrogen) atoms. The van der Waals surface area contributed by atoms with Crippen molar-refractivity contribution in [3.8, 4) is 0 Å². The van der Waals surface area contributed by atoms with Gasteiger partial charge in [0.1, 0.15) is 30.2 Å². The predicted molar refractivity (Wildman–Crippen MR) is 86.8 cm³/mol. The maximum Gasteiger partial charge on any atom is 0.358 e. The highest BCUT2D eigenvalue weighted by atomic mass is 19.1. The second kappa shape index (κ2) is 6.08. The number of carbonyl (C=O) groups excluding carboxylic acids is 3. The maximum atomic E-state index is 13.6. The molecule has 4 rings (SSSR count). The number of carbonyl (C=O) groups is 3. The first-order valence-corrected chi connectivity index (χ1v) is 8.37. The molecule has 2 aromatic rings. The molecule has 0 radical (unpaired) electrons. The summed E-state index contributed by atoms with van der Waals surface area (Å²) < 4.78 is 20.3. The first kappa shape index (κ1) is 16.5. The van der Waals surface area contributed by atoms with Gasteiger partial charge in [-0.15, -0.1) is 0 Å². The largest absolute Gasteiger partial charge is 0.458 e. The molecule has 0 aliphatic carbocycles. The minimum Gasteiger partial charge on any atom is -0.458 e. The standard InChI is InChI=1S/C17H17FN4O4/c1-9-10(18)4-6-21-7-11(19-14(9)21)17(25)26-8-12-16(24)22-5-2-3-13(22)15(23)20-12/h4,6-7,12-13H,2-3,5,8H2,1H3,(H,20,23)/t12-,13-/m0/s1. The fraction of sp³-hybridized carbons (Fsp3) is 0.412. The van der Waals surface area contributed by atoms with Crippen LogP contribution in [0.2, 0.25) is 0 Å². The highest BCUT2D eigenvalue weighted by molar-refractivity contribution is 5.97. The molecule has 0 bridgehead atoms. The third-order valence-corrected chi connectivity index (χ3v) is 4.85. The van der Waals surface area contributed by atoms with E-state index in [4.69, 9.17) is 4.74 Å². The van der Waals surface area contributed by atoms with Crippen LogP contribution in [0.15, 0.2) is 18.5 Å². The Labute approximate surface area is 147 Å². The van der Waals surface area contributed by atoms with Crippen LogP contribution < -0.4 is 5.32 Å². The molecule has 2 aliphatic rings. The number of pyridine rings is 1. The number of halogens is 1. The molecular weight excluding hydrogens is 343 g/mol. The Balaban J connectivity index is 1.46. The number of aryl methyl sites for hydroxylation is 1. The van der Waals surface area contributed by atoms with Crippen LogP contribution in [-0.2, 0) is 14.3 Å². The van der Waals surface area contributed by atoms with E-state index in [-0.39, 0.29) is 24.1 Å². The number of hydrogen-bond acceptors (Lipinski definition) is 5. The van der Waals surface area contributed by atoms with Gasteiger partial charge in [0.25, 0.3) is 0 Å². The summed E-state index contributed by atoms with van der Waals surface area (Å²) in [6.07, 6.45) is 4.33. The highest BCUT2D eigenvalue weighted by Gasteiger charge is 2.43. The van der Waals surface area contributed by atoms with Gasteiger partial charge >= 0.3 is 5.97 Å². The lowest BCUT2D eigenvalue weighted by Crippen LogP contribution is -2.62. The molecule has 0 aromatic carbocycles. The minimum absolute atomic E-state index is 0.00679. The zero-order chi connectivity index (χ0) is 18.4. The lowest BCUT2D eigenvalue weighted by molar-refractivity contribution is -0.148. The molecule has 9 heteroatoms. The van der Waals surface area contributed by atoms with Crippen LogP contribution in [0.1, 0.15) is 28.9 Å². The van der Waals surface area contributed by atoms with Gasteiger partial charge in [-0.05, 0) is 25.8 Å². The van der Waals surface area contributed by atoms with Crippen molar-refractivity contribution in [1.29, 1.82) is 0 Å². The number of amides is 2. The van der Waals surface area contributed by atoms with E-state index in [0.717, 1.165) is 6.42 Å². The van der Waals surface area contributed by atoms with Crippen LogP contribution in [-0.4, -0.2) is 57.3 Å². The smallest absolute Gasteiger partial charge is 0.358 e. The number of esters is 1. The van der Waals surface area contributed by atoms with Gasteiger partial charge in [0.15, 0.2) is 5.69 Å². The molecular formula is C17H17FN4O4. The first-order valence-electron chi connectivity index (χ1n) is 8.37. The molecule has 8 nitrogen and oxygen atoms in total. The Morgan fingerprint density at radius 2 is 2.27 bits per heavy atom. The van der Waals surface area contributed by atoms with Gasteiger partial charge in [-0.25, -0.2) is 14.2 Å². The lowest BCUT2D eigenvalue weighted by Gasteiger charge is -2.34. The molecule has 4 heterocycles. The number of rotatable bonds is 3. The van der Waals surface area contributed by atoms with Crippen LogP contribution in [0.4, 0.5) is 4.39 Å². The average Bonchev–Trinajstić information content (AvgIpc) is 3.27. The van der Waals surface area contributed by atoms with Crippen molar-refractivity contribution >= 4 is 23.4 Å². The maximum absolute atomic E-state index is 13.6. The quantitative estimate of drug-likeness (QED) is 0.801. The molecule has 2 aliphatic heterocycles. The summed E-state index contributed by atoms with van der Waals surface area (Å²) in [5, 5.41) is 2.60. The number of nitrogens with zero attached hydrogens (tertiary/aromatic N) is 3. The molecule has 0 unspecified atom stereocenters. The Morgan fingerprint density at radius 1 is 1.46 bits per heavy atom. The van der Waals surface area contributed by atoms with Crippen molar-refractivity contribution in [3.05, 3.63) is 35.5 Å². The number of piperazine rings is 1. The normalized spacial score (nSPS) is 22.5. The van der Waals surface area contributed by atoms with E-state index in [2.05, 4.69) is 10.3 Å². The summed E-state index contributed by atoms with van der Waals surface area (Å²) in [5.74, 6) is -1.62. The van der Waals surface area contributed by atoms with Gasteiger partial charge in [0, 0.05) is 24.5 Å². The zero-order valence-corrected chi connectivity index (χ0v) is 14.1. The predicted octanol–water partition coefficient (Wildman–Crippen LogP) is 0.428. The SMILES string of the molecule is Cc1c(F)ccn2cc(C(=O)OC[C@@H]3NC(=O)[C@@H]4CCCN4C3=O)nc12. The van der Waals surface area contributed by atoms with Crippen molar-refractivity contribution in [1.82, 2.24) is 19.6 Å². The summed E-state index contributed by atoms with van der Waals surface area (Å²) in [5.41, 5.74) is 0.646. The molecule has 0 saturated carbocycles. The topological polar surface area (TPSA) is 93.0 Å². The summed E-state index contributed by atoms with van der Waals surface area (Å²) in [7, 11) is 0. The van der Waals surface area contributed by atoms with Gasteiger partial charge in [-0.2, -0.15) is 0 Å². The molecule has 2 fully saturated rings. The molecule has 2 amide bonds. The number of imidazole rings is 1. The second-order valence-corrected chi connectivity index (χ2v) is 6.49. The number of aromatic nitrogens is 2. The molecule has 1 N–H and O–H groups in total. The number of fused-ring (bicyclic) bond motifs is 2. The number of ether oxygens (including phenoxy) is 1. The van der Waals surface area contributed by atoms with Crippen LogP contribution in [0.5, 0.6) is 0 Å². The summed E-state index contributed by atoms with van der Waals surface area (Å²) in [4.78, 5) is 42.3. The highest BCUT2D eigenvalue weighted by Crippen LogP contribution is 2.22.